The molecule has 0 bridgehead atoms. The van der Waals surface area contributed by atoms with Gasteiger partial charge in [0.1, 0.15) is 5.76 Å². The fourth-order valence-corrected chi connectivity index (χ4v) is 1.73. The van der Waals surface area contributed by atoms with E-state index in [0.717, 1.165) is 44.9 Å². The summed E-state index contributed by atoms with van der Waals surface area (Å²) in [6, 6.07) is 3.91. The molecule has 2 amide bonds. The van der Waals surface area contributed by atoms with Crippen LogP contribution in [0.1, 0.15) is 5.76 Å². The maximum atomic E-state index is 11.2. The fourth-order valence-electron chi connectivity index (χ4n) is 1.73. The molecule has 1 fully saturated rings. The lowest BCUT2D eigenvalue weighted by molar-refractivity contribution is 0.217. The monoisotopic (exact) mass is 223 g/mol. The van der Waals surface area contributed by atoms with Gasteiger partial charge >= 0.3 is 6.03 Å². The molecule has 5 nitrogen and oxygen atoms in total. The zero-order valence-corrected chi connectivity index (χ0v) is 9.24. The summed E-state index contributed by atoms with van der Waals surface area (Å²) in [6.07, 6.45) is 2.57. The molecule has 0 unspecified atom stereocenters. The summed E-state index contributed by atoms with van der Waals surface area (Å²) < 4.78 is 5.22. The molecule has 1 saturated heterocycles. The van der Waals surface area contributed by atoms with Gasteiger partial charge in [-0.2, -0.15) is 0 Å². The number of urea groups is 1. The molecule has 2 rings (SSSR count). The van der Waals surface area contributed by atoms with Crippen LogP contribution in [0.15, 0.2) is 22.8 Å². The molecule has 16 heavy (non-hydrogen) atoms. The van der Waals surface area contributed by atoms with Gasteiger partial charge in [0.05, 0.1) is 6.26 Å². The Morgan fingerprint density at radius 3 is 3.12 bits per heavy atom. The molecule has 0 aliphatic carbocycles. The van der Waals surface area contributed by atoms with E-state index in [0.29, 0.717) is 0 Å². The molecule has 2 heterocycles. The highest BCUT2D eigenvalue weighted by molar-refractivity contribution is 5.76. The Morgan fingerprint density at radius 1 is 1.50 bits per heavy atom. The predicted octanol–water partition coefficient (Wildman–Crippen LogP) is 0.437. The lowest BCUT2D eigenvalue weighted by Gasteiger charge is -2.13. The van der Waals surface area contributed by atoms with Crippen LogP contribution in [0.25, 0.3) is 0 Å². The summed E-state index contributed by atoms with van der Waals surface area (Å²) in [7, 11) is 0. The van der Waals surface area contributed by atoms with Gasteiger partial charge in [0.15, 0.2) is 0 Å². The molecule has 1 aliphatic heterocycles. The Morgan fingerprint density at radius 2 is 2.44 bits per heavy atom. The summed E-state index contributed by atoms with van der Waals surface area (Å²) in [5, 5.41) is 6.07. The molecule has 2 N–H and O–H groups in total. The lowest BCUT2D eigenvalue weighted by atomic mass is 10.3. The van der Waals surface area contributed by atoms with Crippen molar-refractivity contribution >= 4 is 6.03 Å². The van der Waals surface area contributed by atoms with E-state index in [1.54, 1.807) is 6.26 Å². The largest absolute Gasteiger partial charge is 0.469 e. The SMILES string of the molecule is O=C1NCCN1CCNCCc1ccco1. The summed E-state index contributed by atoms with van der Waals surface area (Å²) >= 11 is 0. The van der Waals surface area contributed by atoms with Crippen LogP contribution in [-0.4, -0.2) is 43.7 Å². The first-order valence-electron chi connectivity index (χ1n) is 5.62. The van der Waals surface area contributed by atoms with E-state index in [9.17, 15) is 4.79 Å². The number of nitrogens with one attached hydrogen (secondary N) is 2. The van der Waals surface area contributed by atoms with E-state index in [4.69, 9.17) is 4.42 Å². The smallest absolute Gasteiger partial charge is 0.317 e. The normalized spacial score (nSPS) is 15.5. The molecule has 0 atom stereocenters. The van der Waals surface area contributed by atoms with Gasteiger partial charge in [-0.05, 0) is 12.1 Å². The highest BCUT2D eigenvalue weighted by atomic mass is 16.3. The number of hydrogen-bond donors (Lipinski definition) is 2. The van der Waals surface area contributed by atoms with Crippen LogP contribution in [-0.2, 0) is 6.42 Å². The van der Waals surface area contributed by atoms with E-state index >= 15 is 0 Å². The number of amides is 2. The molecule has 5 heteroatoms. The molecule has 0 aromatic carbocycles. The van der Waals surface area contributed by atoms with Gasteiger partial charge in [-0.1, -0.05) is 0 Å². The van der Waals surface area contributed by atoms with E-state index in [1.807, 2.05) is 17.0 Å². The average molecular weight is 223 g/mol. The van der Waals surface area contributed by atoms with Gasteiger partial charge < -0.3 is 20.0 Å². The Balaban J connectivity index is 1.53. The number of rotatable bonds is 6. The third-order valence-corrected chi connectivity index (χ3v) is 2.63. The standard InChI is InChI=1S/C11H17N3O2/c15-11-13-6-8-14(11)7-5-12-4-3-10-2-1-9-16-10/h1-2,9,12H,3-8H2,(H,13,15). The van der Waals surface area contributed by atoms with Crippen LogP contribution in [0.5, 0.6) is 0 Å². The number of hydrogen-bond acceptors (Lipinski definition) is 3. The fraction of sp³-hybridized carbons (Fsp3) is 0.545. The van der Waals surface area contributed by atoms with Crippen LogP contribution >= 0.6 is 0 Å². The summed E-state index contributed by atoms with van der Waals surface area (Å²) in [4.78, 5) is 13.0. The Kier molecular flexibility index (Phi) is 3.82. The molecular weight excluding hydrogens is 206 g/mol. The van der Waals surface area contributed by atoms with Gasteiger partial charge in [-0.25, -0.2) is 4.79 Å². The Hall–Kier alpha value is -1.49. The minimum absolute atomic E-state index is 0.0489. The average Bonchev–Trinajstić information content (AvgIpc) is 2.90. The number of nitrogens with zero attached hydrogens (tertiary/aromatic N) is 1. The van der Waals surface area contributed by atoms with Crippen molar-refractivity contribution in [3.05, 3.63) is 24.2 Å². The van der Waals surface area contributed by atoms with Crippen LogP contribution in [0.2, 0.25) is 0 Å². The minimum Gasteiger partial charge on any atom is -0.469 e. The molecule has 0 radical (unpaired) electrons. The topological polar surface area (TPSA) is 57.5 Å². The van der Waals surface area contributed by atoms with E-state index in [-0.39, 0.29) is 6.03 Å². The van der Waals surface area contributed by atoms with Gasteiger partial charge in [0.25, 0.3) is 0 Å². The van der Waals surface area contributed by atoms with Crippen molar-refractivity contribution in [2.45, 2.75) is 6.42 Å². The lowest BCUT2D eigenvalue weighted by Crippen LogP contribution is -2.35. The Bertz CT molecular complexity index is 324. The van der Waals surface area contributed by atoms with Crippen molar-refractivity contribution in [1.82, 2.24) is 15.5 Å². The van der Waals surface area contributed by atoms with Crippen molar-refractivity contribution in [1.29, 1.82) is 0 Å². The number of carbonyl (C=O) groups is 1. The zero-order chi connectivity index (χ0) is 11.2. The quantitative estimate of drug-likeness (QED) is 0.688. The van der Waals surface area contributed by atoms with E-state index < -0.39 is 0 Å². The van der Waals surface area contributed by atoms with Gasteiger partial charge in [0.2, 0.25) is 0 Å². The second-order valence-electron chi connectivity index (χ2n) is 3.80. The molecule has 1 aliphatic rings. The second kappa shape index (κ2) is 5.55. The van der Waals surface area contributed by atoms with E-state index in [2.05, 4.69) is 10.6 Å². The predicted molar refractivity (Wildman–Crippen MR) is 60.3 cm³/mol. The maximum absolute atomic E-state index is 11.2. The highest BCUT2D eigenvalue weighted by Gasteiger charge is 2.17. The van der Waals surface area contributed by atoms with Gasteiger partial charge in [-0.3, -0.25) is 0 Å². The molecule has 0 saturated carbocycles. The number of furan rings is 1. The summed E-state index contributed by atoms with van der Waals surface area (Å²) in [5.41, 5.74) is 0. The first kappa shape index (κ1) is 11.0. The third kappa shape index (κ3) is 3.00. The van der Waals surface area contributed by atoms with E-state index in [1.165, 1.54) is 0 Å². The third-order valence-electron chi connectivity index (χ3n) is 2.63. The van der Waals surface area contributed by atoms with Crippen molar-refractivity contribution in [2.75, 3.05) is 32.7 Å². The second-order valence-corrected chi connectivity index (χ2v) is 3.80. The minimum atomic E-state index is 0.0489. The maximum Gasteiger partial charge on any atom is 0.317 e. The van der Waals surface area contributed by atoms with Gasteiger partial charge in [-0.15, -0.1) is 0 Å². The van der Waals surface area contributed by atoms with Crippen LogP contribution < -0.4 is 10.6 Å². The molecule has 1 aromatic rings. The van der Waals surface area contributed by atoms with Gasteiger partial charge in [0, 0.05) is 39.1 Å². The first-order chi connectivity index (χ1) is 7.86. The summed E-state index contributed by atoms with van der Waals surface area (Å²) in [6.45, 7) is 4.06. The zero-order valence-electron chi connectivity index (χ0n) is 9.24. The molecule has 0 spiro atoms. The van der Waals surface area contributed by atoms with Crippen LogP contribution in [0.3, 0.4) is 0 Å². The summed E-state index contributed by atoms with van der Waals surface area (Å²) in [5.74, 6) is 0.992. The van der Waals surface area contributed by atoms with Crippen molar-refractivity contribution in [3.8, 4) is 0 Å². The van der Waals surface area contributed by atoms with Crippen molar-refractivity contribution in [3.63, 3.8) is 0 Å². The van der Waals surface area contributed by atoms with Crippen LogP contribution in [0, 0.1) is 0 Å². The van der Waals surface area contributed by atoms with Crippen molar-refractivity contribution < 1.29 is 9.21 Å². The highest BCUT2D eigenvalue weighted by Crippen LogP contribution is 1.99. The first-order valence-corrected chi connectivity index (χ1v) is 5.62. The molecule has 88 valence electrons. The van der Waals surface area contributed by atoms with Crippen molar-refractivity contribution in [2.24, 2.45) is 0 Å². The molecule has 1 aromatic heterocycles. The van der Waals surface area contributed by atoms with Crippen LogP contribution in [0.4, 0.5) is 4.79 Å². The molecular formula is C11H17N3O2. The number of carbonyl (C=O) groups excluding carboxylic acids is 1. The Labute approximate surface area is 94.8 Å².